The largest absolute Gasteiger partial charge is 0.0984 e. The molecule has 0 nitrogen and oxygen atoms in total. The predicted octanol–water partition coefficient (Wildman–Crippen LogP) is 3.65. The molecule has 0 amide bonds. The number of allylic oxidation sites excluding steroid dienone is 1. The summed E-state index contributed by atoms with van der Waals surface area (Å²) in [6, 6.07) is 19.0. The van der Waals surface area contributed by atoms with Gasteiger partial charge in [-0.05, 0) is 34.9 Å². The van der Waals surface area contributed by atoms with Crippen molar-refractivity contribution in [2.45, 2.75) is 20.3 Å². The van der Waals surface area contributed by atoms with E-state index in [2.05, 4.69) is 69.0 Å². The smallest absolute Gasteiger partial charge is 0.0106 e. The van der Waals surface area contributed by atoms with E-state index >= 15 is 0 Å². The summed E-state index contributed by atoms with van der Waals surface area (Å²) in [7, 11) is 0. The van der Waals surface area contributed by atoms with E-state index in [0.717, 1.165) is 6.42 Å². The first-order chi connectivity index (χ1) is 9.27. The Labute approximate surface area is 115 Å². The Balaban J connectivity index is 2.89. The van der Waals surface area contributed by atoms with Crippen LogP contribution in [0.4, 0.5) is 0 Å². The maximum atomic E-state index is 3.99. The lowest BCUT2D eigenvalue weighted by Crippen LogP contribution is -2.28. The van der Waals surface area contributed by atoms with Crippen molar-refractivity contribution in [1.29, 1.82) is 0 Å². The summed E-state index contributed by atoms with van der Waals surface area (Å²) in [5, 5.41) is 2.59. The van der Waals surface area contributed by atoms with E-state index < -0.39 is 0 Å². The van der Waals surface area contributed by atoms with E-state index in [-0.39, 0.29) is 0 Å². The van der Waals surface area contributed by atoms with E-state index in [1.165, 1.54) is 27.1 Å². The fourth-order valence-electron chi connectivity index (χ4n) is 2.28. The average molecular weight is 248 g/mol. The molecule has 0 radical (unpaired) electrons. The summed E-state index contributed by atoms with van der Waals surface area (Å²) in [6.07, 6.45) is 3.02. The van der Waals surface area contributed by atoms with Crippen molar-refractivity contribution in [3.05, 3.63) is 83.3 Å². The van der Waals surface area contributed by atoms with Crippen LogP contribution < -0.4 is 10.4 Å². The number of rotatable bonds is 3. The molecule has 2 aromatic rings. The Kier molecular flexibility index (Phi) is 4.35. The molecule has 0 saturated heterocycles. The zero-order chi connectivity index (χ0) is 13.7. The van der Waals surface area contributed by atoms with Gasteiger partial charge in [-0.2, -0.15) is 0 Å². The van der Waals surface area contributed by atoms with Crippen molar-refractivity contribution in [1.82, 2.24) is 0 Å². The number of hydrogen-bond acceptors (Lipinski definition) is 0. The Hall–Kier alpha value is -2.08. The minimum absolute atomic E-state index is 1.07. The molecule has 0 heterocycles. The van der Waals surface area contributed by atoms with E-state index in [1.54, 1.807) is 0 Å². The molecule has 0 aliphatic heterocycles. The predicted molar refractivity (Wildman–Crippen MR) is 84.2 cm³/mol. The second-order valence-electron chi connectivity index (χ2n) is 4.66. The van der Waals surface area contributed by atoms with Crippen LogP contribution in [0.3, 0.4) is 0 Å². The minimum atomic E-state index is 1.07. The van der Waals surface area contributed by atoms with Gasteiger partial charge in [-0.25, -0.2) is 0 Å². The monoisotopic (exact) mass is 248 g/mol. The van der Waals surface area contributed by atoms with Gasteiger partial charge in [0.05, 0.1) is 0 Å². The maximum absolute atomic E-state index is 3.99. The maximum Gasteiger partial charge on any atom is -0.0106 e. The molecule has 0 atom stereocenters. The van der Waals surface area contributed by atoms with E-state index in [4.69, 9.17) is 0 Å². The molecule has 0 aromatic heterocycles. The molecule has 0 unspecified atom stereocenters. The van der Waals surface area contributed by atoms with Crippen molar-refractivity contribution >= 4 is 11.1 Å². The van der Waals surface area contributed by atoms with Gasteiger partial charge in [-0.1, -0.05) is 79.7 Å². The highest BCUT2D eigenvalue weighted by atomic mass is 14.0. The second kappa shape index (κ2) is 6.19. The second-order valence-corrected chi connectivity index (χ2v) is 4.66. The van der Waals surface area contributed by atoms with Gasteiger partial charge >= 0.3 is 0 Å². The lowest BCUT2D eigenvalue weighted by atomic mass is 10.00. The summed E-state index contributed by atoms with van der Waals surface area (Å²) >= 11 is 0. The molecule has 2 rings (SSSR count). The molecule has 19 heavy (non-hydrogen) atoms. The van der Waals surface area contributed by atoms with Crippen LogP contribution in [0.5, 0.6) is 0 Å². The third-order valence-electron chi connectivity index (χ3n) is 3.50. The fourth-order valence-corrected chi connectivity index (χ4v) is 2.28. The van der Waals surface area contributed by atoms with Crippen molar-refractivity contribution in [2.75, 3.05) is 0 Å². The minimum Gasteiger partial charge on any atom is -0.0984 e. The quantitative estimate of drug-likeness (QED) is 0.777. The summed E-state index contributed by atoms with van der Waals surface area (Å²) < 4.78 is 0. The zero-order valence-electron chi connectivity index (χ0n) is 11.7. The first-order valence-electron chi connectivity index (χ1n) is 6.75. The van der Waals surface area contributed by atoms with Crippen molar-refractivity contribution in [3.63, 3.8) is 0 Å². The van der Waals surface area contributed by atoms with Crippen LogP contribution in [0.2, 0.25) is 0 Å². The fraction of sp³-hybridized carbons (Fsp3) is 0.158. The summed E-state index contributed by atoms with van der Waals surface area (Å²) in [5.41, 5.74) is 3.82. The first kappa shape index (κ1) is 13.4. The van der Waals surface area contributed by atoms with Gasteiger partial charge in [0.15, 0.2) is 0 Å². The standard InChI is InChI=1S/C19H20/c1-4-15(3)18-13-9-10-14-19(18)17(5-2)16-11-7-6-8-12-16/h5-14H,2,4H2,1,3H3/b18-15-,19-17+. The SMILES string of the molecule is C=C/C(c1ccccc1)=c1/cccc/c1=C(\C)CC. The Bertz CT molecular complexity index is 675. The van der Waals surface area contributed by atoms with Crippen molar-refractivity contribution in [2.24, 2.45) is 0 Å². The molecule has 0 heteroatoms. The molecule has 96 valence electrons. The van der Waals surface area contributed by atoms with Gasteiger partial charge in [0.25, 0.3) is 0 Å². The highest BCUT2D eigenvalue weighted by Gasteiger charge is 1.99. The number of benzene rings is 2. The lowest BCUT2D eigenvalue weighted by molar-refractivity contribution is 1.20. The molecule has 0 saturated carbocycles. The van der Waals surface area contributed by atoms with Crippen LogP contribution in [0, 0.1) is 0 Å². The Morgan fingerprint density at radius 3 is 2.11 bits per heavy atom. The van der Waals surface area contributed by atoms with Gasteiger partial charge in [0.1, 0.15) is 0 Å². The van der Waals surface area contributed by atoms with Crippen LogP contribution >= 0.6 is 0 Å². The first-order valence-corrected chi connectivity index (χ1v) is 6.75. The molecule has 0 aliphatic carbocycles. The molecular weight excluding hydrogens is 228 g/mol. The van der Waals surface area contributed by atoms with Gasteiger partial charge < -0.3 is 0 Å². The third kappa shape index (κ3) is 2.85. The molecule has 2 aromatic carbocycles. The normalized spacial score (nSPS) is 13.8. The third-order valence-corrected chi connectivity index (χ3v) is 3.50. The van der Waals surface area contributed by atoms with Crippen LogP contribution in [0.15, 0.2) is 67.3 Å². The van der Waals surface area contributed by atoms with E-state index in [1.807, 2.05) is 12.1 Å². The summed E-state index contributed by atoms with van der Waals surface area (Å²) in [4.78, 5) is 0. The molecule has 0 aliphatic rings. The Morgan fingerprint density at radius 1 is 0.947 bits per heavy atom. The van der Waals surface area contributed by atoms with Gasteiger partial charge in [-0.15, -0.1) is 0 Å². The lowest BCUT2D eigenvalue weighted by Gasteiger charge is -2.05. The molecular formula is C19H20. The van der Waals surface area contributed by atoms with Crippen molar-refractivity contribution in [3.8, 4) is 0 Å². The molecule has 0 bridgehead atoms. The highest BCUT2D eigenvalue weighted by molar-refractivity contribution is 5.73. The van der Waals surface area contributed by atoms with Gasteiger partial charge in [-0.3, -0.25) is 0 Å². The Morgan fingerprint density at radius 2 is 1.53 bits per heavy atom. The molecule has 0 spiro atoms. The van der Waals surface area contributed by atoms with Crippen LogP contribution in [-0.2, 0) is 0 Å². The van der Waals surface area contributed by atoms with Crippen LogP contribution in [0.1, 0.15) is 25.8 Å². The van der Waals surface area contributed by atoms with Crippen molar-refractivity contribution < 1.29 is 0 Å². The van der Waals surface area contributed by atoms with Gasteiger partial charge in [0.2, 0.25) is 0 Å². The van der Waals surface area contributed by atoms with E-state index in [9.17, 15) is 0 Å². The number of hydrogen-bond donors (Lipinski definition) is 0. The topological polar surface area (TPSA) is 0 Å². The molecule has 0 fully saturated rings. The summed E-state index contributed by atoms with van der Waals surface area (Å²) in [6.45, 7) is 8.39. The van der Waals surface area contributed by atoms with Crippen LogP contribution in [0.25, 0.3) is 11.1 Å². The zero-order valence-corrected chi connectivity index (χ0v) is 11.7. The van der Waals surface area contributed by atoms with E-state index in [0.29, 0.717) is 0 Å². The molecule has 0 N–H and O–H groups in total. The highest BCUT2D eigenvalue weighted by Crippen LogP contribution is 2.10. The van der Waals surface area contributed by atoms with Crippen LogP contribution in [-0.4, -0.2) is 0 Å². The van der Waals surface area contributed by atoms with Gasteiger partial charge in [0, 0.05) is 0 Å². The average Bonchev–Trinajstić information content (AvgIpc) is 2.49. The summed E-state index contributed by atoms with van der Waals surface area (Å²) in [5.74, 6) is 0.